The number of hydrogen-bond donors (Lipinski definition) is 2. The highest BCUT2D eigenvalue weighted by atomic mass is 35.5. The van der Waals surface area contributed by atoms with Gasteiger partial charge in [-0.25, -0.2) is 0 Å². The van der Waals surface area contributed by atoms with Gasteiger partial charge in [-0.1, -0.05) is 47.2 Å². The Kier molecular flexibility index (Phi) is 3.41. The summed E-state index contributed by atoms with van der Waals surface area (Å²) < 4.78 is 0. The van der Waals surface area contributed by atoms with Crippen LogP contribution in [0.2, 0.25) is 0 Å². The maximum absolute atomic E-state index is 10.6. The first-order valence-corrected chi connectivity index (χ1v) is 6.56. The molecule has 0 aromatic heterocycles. The molecule has 20 heavy (non-hydrogen) atoms. The highest BCUT2D eigenvalue weighted by Gasteiger charge is 2.49. The van der Waals surface area contributed by atoms with E-state index in [4.69, 9.17) is 36.0 Å². The molecule has 102 valence electrons. The van der Waals surface area contributed by atoms with Crippen molar-refractivity contribution in [1.29, 1.82) is 0 Å². The Morgan fingerprint density at radius 3 is 1.45 bits per heavy atom. The molecular weight excluding hydrogens is 295 g/mol. The molecule has 1 aromatic rings. The highest BCUT2D eigenvalue weighted by molar-refractivity contribution is 6.41. The second-order valence-electron chi connectivity index (χ2n) is 4.82. The van der Waals surface area contributed by atoms with E-state index in [9.17, 15) is 10.2 Å². The van der Waals surface area contributed by atoms with Crippen LogP contribution in [0.5, 0.6) is 0 Å². The van der Waals surface area contributed by atoms with Crippen molar-refractivity contribution in [2.24, 2.45) is 0 Å². The lowest BCUT2D eigenvalue weighted by Gasteiger charge is -2.38. The third-order valence-corrected chi connectivity index (χ3v) is 4.68. The first kappa shape index (κ1) is 15.0. The smallest absolute Gasteiger partial charge is 0.189 e. The minimum Gasteiger partial charge on any atom is -0.369 e. The summed E-state index contributed by atoms with van der Waals surface area (Å²) in [7, 11) is 0. The molecule has 4 heteroatoms. The molecular formula is C16H12Cl2O2. The molecule has 2 atom stereocenters. The van der Waals surface area contributed by atoms with E-state index in [1.54, 1.807) is 12.1 Å². The fourth-order valence-electron chi connectivity index (χ4n) is 2.25. The Morgan fingerprint density at radius 1 is 0.900 bits per heavy atom. The number of rotatable bonds is 0. The summed E-state index contributed by atoms with van der Waals surface area (Å²) >= 11 is 12.1. The lowest BCUT2D eigenvalue weighted by atomic mass is 9.75. The van der Waals surface area contributed by atoms with Crippen LogP contribution >= 0.6 is 23.2 Å². The first-order chi connectivity index (χ1) is 9.22. The molecule has 0 spiro atoms. The Balaban J connectivity index is 2.98. The van der Waals surface area contributed by atoms with Gasteiger partial charge in [0.2, 0.25) is 0 Å². The van der Waals surface area contributed by atoms with Crippen LogP contribution in [0.25, 0.3) is 0 Å². The van der Waals surface area contributed by atoms with Crippen LogP contribution in [0.1, 0.15) is 22.3 Å². The Bertz CT molecular complexity index is 660. The monoisotopic (exact) mass is 306 g/mol. The molecule has 0 bridgehead atoms. The van der Waals surface area contributed by atoms with Gasteiger partial charge in [-0.3, -0.25) is 0 Å². The Labute approximate surface area is 128 Å². The lowest BCUT2D eigenvalue weighted by molar-refractivity contribution is 0.103. The van der Waals surface area contributed by atoms with Crippen LogP contribution in [0.3, 0.4) is 0 Å². The molecule has 0 saturated carbocycles. The minimum absolute atomic E-state index is 0.252. The molecule has 0 amide bonds. The summed E-state index contributed by atoms with van der Waals surface area (Å²) in [5.41, 5.74) is -1.46. The molecule has 2 rings (SSSR count). The third kappa shape index (κ3) is 1.71. The van der Waals surface area contributed by atoms with Gasteiger partial charge in [0.05, 0.1) is 10.1 Å². The summed E-state index contributed by atoms with van der Waals surface area (Å²) in [5.74, 6) is 4.45. The van der Waals surface area contributed by atoms with Crippen molar-refractivity contribution in [2.75, 3.05) is 0 Å². The second kappa shape index (κ2) is 4.55. The maximum Gasteiger partial charge on any atom is 0.189 e. The van der Waals surface area contributed by atoms with Crippen molar-refractivity contribution in [3.05, 3.63) is 44.5 Å². The van der Waals surface area contributed by atoms with Crippen LogP contribution in [-0.2, 0) is 11.2 Å². The van der Waals surface area contributed by atoms with Crippen LogP contribution < -0.4 is 0 Å². The van der Waals surface area contributed by atoms with Crippen molar-refractivity contribution in [3.63, 3.8) is 0 Å². The molecule has 0 heterocycles. The number of hydrogen-bond acceptors (Lipinski definition) is 2. The van der Waals surface area contributed by atoms with Gasteiger partial charge in [0.25, 0.3) is 0 Å². The van der Waals surface area contributed by atoms with E-state index >= 15 is 0 Å². The minimum atomic E-state index is -1.89. The quantitative estimate of drug-likeness (QED) is 0.724. The molecule has 0 fully saturated rings. The van der Waals surface area contributed by atoms with Gasteiger partial charge in [0, 0.05) is 11.1 Å². The van der Waals surface area contributed by atoms with E-state index in [-0.39, 0.29) is 21.2 Å². The standard InChI is InChI=1S/C16H12Cl2O2/c1-5-15(19)11-7-9(3)10(4)8-12(11)16(20,6-2)14(18)13(15)17/h1-2,7-8,19-20H,3-4H3/t15-,16-/m1/s1. The largest absolute Gasteiger partial charge is 0.369 e. The molecule has 0 radical (unpaired) electrons. The van der Waals surface area contributed by atoms with Gasteiger partial charge in [-0.15, -0.1) is 12.8 Å². The SMILES string of the molecule is C#C[C@]1(O)C(Cl)=C(Cl)[C@@](O)(C#C)c2cc(C)c(C)cc21. The number of benzene rings is 1. The zero-order chi connectivity index (χ0) is 15.3. The third-order valence-electron chi connectivity index (χ3n) is 3.66. The van der Waals surface area contributed by atoms with Crippen LogP contribution in [0, 0.1) is 38.5 Å². The normalized spacial score (nSPS) is 28.6. The topological polar surface area (TPSA) is 40.5 Å². The fourth-order valence-corrected chi connectivity index (χ4v) is 2.84. The molecule has 1 aromatic carbocycles. The zero-order valence-electron chi connectivity index (χ0n) is 11.0. The second-order valence-corrected chi connectivity index (χ2v) is 5.58. The molecule has 1 aliphatic carbocycles. The summed E-state index contributed by atoms with van der Waals surface area (Å²) in [6, 6.07) is 3.33. The summed E-state index contributed by atoms with van der Waals surface area (Å²) in [6.45, 7) is 3.71. The summed E-state index contributed by atoms with van der Waals surface area (Å²) in [6.07, 6.45) is 10.8. The lowest BCUT2D eigenvalue weighted by Crippen LogP contribution is -2.39. The molecule has 1 aliphatic rings. The Hall–Kier alpha value is -1.42. The van der Waals surface area contributed by atoms with Crippen LogP contribution in [0.15, 0.2) is 22.2 Å². The summed E-state index contributed by atoms with van der Waals surface area (Å²) in [4.78, 5) is 0. The predicted molar refractivity (Wildman–Crippen MR) is 80.1 cm³/mol. The molecule has 0 saturated heterocycles. The van der Waals surface area contributed by atoms with Gasteiger partial charge in [-0.05, 0) is 25.0 Å². The van der Waals surface area contributed by atoms with Gasteiger partial charge in [0.1, 0.15) is 0 Å². The molecule has 2 nitrogen and oxygen atoms in total. The zero-order valence-corrected chi connectivity index (χ0v) is 12.5. The van der Waals surface area contributed by atoms with Crippen LogP contribution in [0.4, 0.5) is 0 Å². The average molecular weight is 307 g/mol. The molecule has 0 aliphatic heterocycles. The van der Waals surface area contributed by atoms with E-state index in [0.717, 1.165) is 11.1 Å². The first-order valence-electron chi connectivity index (χ1n) is 5.81. The highest BCUT2D eigenvalue weighted by Crippen LogP contribution is 2.50. The van der Waals surface area contributed by atoms with E-state index < -0.39 is 11.2 Å². The number of aliphatic hydroxyl groups is 2. The van der Waals surface area contributed by atoms with Crippen molar-refractivity contribution in [3.8, 4) is 24.7 Å². The van der Waals surface area contributed by atoms with Gasteiger partial charge < -0.3 is 10.2 Å². The fraction of sp³-hybridized carbons (Fsp3) is 0.250. The number of aryl methyl sites for hydroxylation is 2. The van der Waals surface area contributed by atoms with Crippen molar-refractivity contribution >= 4 is 23.2 Å². The van der Waals surface area contributed by atoms with Gasteiger partial charge >= 0.3 is 0 Å². The van der Waals surface area contributed by atoms with Gasteiger partial charge in [0.15, 0.2) is 11.2 Å². The number of terminal acetylenes is 2. The predicted octanol–water partition coefficient (Wildman–Crippen LogP) is 2.65. The maximum atomic E-state index is 10.6. The van der Waals surface area contributed by atoms with E-state index in [0.29, 0.717) is 0 Å². The Morgan fingerprint density at radius 2 is 1.20 bits per heavy atom. The van der Waals surface area contributed by atoms with Gasteiger partial charge in [-0.2, -0.15) is 0 Å². The summed E-state index contributed by atoms with van der Waals surface area (Å²) in [5, 5.41) is 20.7. The average Bonchev–Trinajstić information content (AvgIpc) is 2.45. The van der Waals surface area contributed by atoms with Crippen molar-refractivity contribution in [1.82, 2.24) is 0 Å². The number of halogens is 2. The van der Waals surface area contributed by atoms with Crippen molar-refractivity contribution < 1.29 is 10.2 Å². The van der Waals surface area contributed by atoms with E-state index in [1.165, 1.54) is 0 Å². The van der Waals surface area contributed by atoms with E-state index in [2.05, 4.69) is 11.8 Å². The van der Waals surface area contributed by atoms with Crippen molar-refractivity contribution in [2.45, 2.75) is 25.0 Å². The van der Waals surface area contributed by atoms with Crippen LogP contribution in [-0.4, -0.2) is 10.2 Å². The molecule has 0 unspecified atom stereocenters. The molecule has 2 N–H and O–H groups in total. The van der Waals surface area contributed by atoms with E-state index in [1.807, 2.05) is 13.8 Å². The number of fused-ring (bicyclic) bond motifs is 1.